The number of pyridine rings is 1. The first-order valence-corrected chi connectivity index (χ1v) is 7.10. The van der Waals surface area contributed by atoms with E-state index in [1.807, 2.05) is 19.9 Å². The Labute approximate surface area is 115 Å². The lowest BCUT2D eigenvalue weighted by atomic mass is 10.0. The van der Waals surface area contributed by atoms with Crippen molar-refractivity contribution in [3.05, 3.63) is 22.9 Å². The van der Waals surface area contributed by atoms with Crippen molar-refractivity contribution in [3.63, 3.8) is 0 Å². The Bertz CT molecular complexity index is 481. The minimum Gasteiger partial charge on any atom is -0.384 e. The molecule has 1 aliphatic heterocycles. The summed E-state index contributed by atoms with van der Waals surface area (Å²) in [7, 11) is 0. The first-order chi connectivity index (χ1) is 9.02. The van der Waals surface area contributed by atoms with E-state index in [-0.39, 0.29) is 5.84 Å². The van der Waals surface area contributed by atoms with Crippen molar-refractivity contribution >= 4 is 11.7 Å². The fraction of sp³-hybridized carbons (Fsp3) is 0.600. The summed E-state index contributed by atoms with van der Waals surface area (Å²) in [6, 6.07) is 2.00. The lowest BCUT2D eigenvalue weighted by molar-refractivity contribution is 0.529. The maximum absolute atomic E-state index is 7.79. The number of nitrogens with one attached hydrogen (secondary N) is 1. The van der Waals surface area contributed by atoms with Gasteiger partial charge in [-0.3, -0.25) is 5.41 Å². The summed E-state index contributed by atoms with van der Waals surface area (Å²) in [5.74, 6) is 1.79. The summed E-state index contributed by atoms with van der Waals surface area (Å²) in [5.41, 5.74) is 8.60. The normalized spacial score (nSPS) is 18.9. The topological polar surface area (TPSA) is 66.0 Å². The number of aryl methyl sites for hydroxylation is 2. The van der Waals surface area contributed by atoms with Crippen LogP contribution in [0.3, 0.4) is 0 Å². The molecule has 0 spiro atoms. The minimum atomic E-state index is 0.124. The summed E-state index contributed by atoms with van der Waals surface area (Å²) >= 11 is 0. The predicted octanol–water partition coefficient (Wildman–Crippen LogP) is 2.61. The van der Waals surface area contributed by atoms with Crippen LogP contribution in [-0.4, -0.2) is 23.9 Å². The largest absolute Gasteiger partial charge is 0.384 e. The molecular weight excluding hydrogens is 236 g/mol. The van der Waals surface area contributed by atoms with Crippen molar-refractivity contribution in [1.29, 1.82) is 5.41 Å². The Morgan fingerprint density at radius 3 is 2.89 bits per heavy atom. The molecule has 104 valence electrons. The van der Waals surface area contributed by atoms with Crippen LogP contribution in [0.5, 0.6) is 0 Å². The molecule has 1 saturated heterocycles. The second-order valence-electron chi connectivity index (χ2n) is 5.58. The number of hydrogen-bond donors (Lipinski definition) is 2. The van der Waals surface area contributed by atoms with Crippen molar-refractivity contribution in [3.8, 4) is 0 Å². The number of nitrogens with two attached hydrogens (primary N) is 1. The van der Waals surface area contributed by atoms with Gasteiger partial charge in [-0.05, 0) is 44.2 Å². The molecule has 3 N–H and O–H groups in total. The van der Waals surface area contributed by atoms with Crippen molar-refractivity contribution in [2.45, 2.75) is 40.0 Å². The number of nitrogen functional groups attached to an aromatic ring is 1. The zero-order valence-corrected chi connectivity index (χ0v) is 12.2. The van der Waals surface area contributed by atoms with Gasteiger partial charge < -0.3 is 10.6 Å². The van der Waals surface area contributed by atoms with Crippen LogP contribution in [0.2, 0.25) is 0 Å². The summed E-state index contributed by atoms with van der Waals surface area (Å²) in [6.45, 7) is 8.32. The highest BCUT2D eigenvalue weighted by Crippen LogP contribution is 2.29. The molecule has 1 atom stereocenters. The molecule has 0 bridgehead atoms. The standard InChI is InChI=1S/C15H24N4/c1-4-5-12-6-7-19(9-12)15-13(14(16)17)10(2)8-11(3)18-15/h8,12H,4-7,9H2,1-3H3,(H3,16,17). The SMILES string of the molecule is CCCC1CCN(c2nc(C)cc(C)c2C(=N)N)C1. The third-order valence-electron chi connectivity index (χ3n) is 3.88. The third kappa shape index (κ3) is 2.88. The zero-order chi connectivity index (χ0) is 14.0. The summed E-state index contributed by atoms with van der Waals surface area (Å²) in [5, 5.41) is 7.79. The average Bonchev–Trinajstić information content (AvgIpc) is 2.76. The van der Waals surface area contributed by atoms with E-state index < -0.39 is 0 Å². The van der Waals surface area contributed by atoms with E-state index in [2.05, 4.69) is 16.8 Å². The van der Waals surface area contributed by atoms with Gasteiger partial charge >= 0.3 is 0 Å². The first-order valence-electron chi connectivity index (χ1n) is 7.10. The molecule has 1 aliphatic rings. The number of hydrogen-bond acceptors (Lipinski definition) is 3. The second-order valence-corrected chi connectivity index (χ2v) is 5.58. The fourth-order valence-electron chi connectivity index (χ4n) is 3.05. The monoisotopic (exact) mass is 260 g/mol. The maximum atomic E-state index is 7.79. The van der Waals surface area contributed by atoms with E-state index >= 15 is 0 Å². The predicted molar refractivity (Wildman–Crippen MR) is 80.0 cm³/mol. The lowest BCUT2D eigenvalue weighted by Gasteiger charge is -2.22. The van der Waals surface area contributed by atoms with Gasteiger partial charge in [0.1, 0.15) is 11.7 Å². The number of amidine groups is 1. The third-order valence-corrected chi connectivity index (χ3v) is 3.88. The van der Waals surface area contributed by atoms with Crippen LogP contribution in [0, 0.1) is 25.2 Å². The smallest absolute Gasteiger partial charge is 0.140 e. The number of anilines is 1. The van der Waals surface area contributed by atoms with E-state index in [1.54, 1.807) is 0 Å². The maximum Gasteiger partial charge on any atom is 0.140 e. The molecule has 2 heterocycles. The summed E-state index contributed by atoms with van der Waals surface area (Å²) in [6.07, 6.45) is 3.73. The molecule has 4 nitrogen and oxygen atoms in total. The fourth-order valence-corrected chi connectivity index (χ4v) is 3.05. The van der Waals surface area contributed by atoms with Gasteiger partial charge in [0.2, 0.25) is 0 Å². The van der Waals surface area contributed by atoms with Gasteiger partial charge in [0, 0.05) is 18.8 Å². The van der Waals surface area contributed by atoms with Gasteiger partial charge in [-0.1, -0.05) is 13.3 Å². The Balaban J connectivity index is 2.32. The highest BCUT2D eigenvalue weighted by molar-refractivity contribution is 6.01. The van der Waals surface area contributed by atoms with Gasteiger partial charge in [0.25, 0.3) is 0 Å². The number of aromatic nitrogens is 1. The van der Waals surface area contributed by atoms with Crippen molar-refractivity contribution in [2.75, 3.05) is 18.0 Å². The van der Waals surface area contributed by atoms with Crippen LogP contribution < -0.4 is 10.6 Å². The van der Waals surface area contributed by atoms with E-state index in [0.717, 1.165) is 41.6 Å². The van der Waals surface area contributed by atoms with Crippen LogP contribution in [0.25, 0.3) is 0 Å². The summed E-state index contributed by atoms with van der Waals surface area (Å²) < 4.78 is 0. The second kappa shape index (κ2) is 5.59. The van der Waals surface area contributed by atoms with E-state index in [4.69, 9.17) is 11.1 Å². The number of nitrogens with zero attached hydrogens (tertiary/aromatic N) is 2. The van der Waals surface area contributed by atoms with Crippen LogP contribution in [0.15, 0.2) is 6.07 Å². The number of rotatable bonds is 4. The quantitative estimate of drug-likeness (QED) is 0.646. The molecular formula is C15H24N4. The molecule has 0 amide bonds. The molecule has 4 heteroatoms. The van der Waals surface area contributed by atoms with Gasteiger partial charge in [-0.15, -0.1) is 0 Å². The Morgan fingerprint density at radius 1 is 1.53 bits per heavy atom. The van der Waals surface area contributed by atoms with Crippen molar-refractivity contribution < 1.29 is 0 Å². The van der Waals surface area contributed by atoms with Crippen LogP contribution >= 0.6 is 0 Å². The highest BCUT2D eigenvalue weighted by atomic mass is 15.2. The summed E-state index contributed by atoms with van der Waals surface area (Å²) in [4.78, 5) is 6.94. The molecule has 19 heavy (non-hydrogen) atoms. The molecule has 1 aromatic heterocycles. The van der Waals surface area contributed by atoms with Crippen molar-refractivity contribution in [2.24, 2.45) is 11.7 Å². The van der Waals surface area contributed by atoms with E-state index in [0.29, 0.717) is 0 Å². The van der Waals surface area contributed by atoms with Crippen LogP contribution in [0.1, 0.15) is 43.0 Å². The van der Waals surface area contributed by atoms with Gasteiger partial charge in [0.05, 0.1) is 5.56 Å². The molecule has 1 aromatic rings. The molecule has 1 fully saturated rings. The van der Waals surface area contributed by atoms with Crippen molar-refractivity contribution in [1.82, 2.24) is 4.98 Å². The van der Waals surface area contributed by atoms with E-state index in [9.17, 15) is 0 Å². The minimum absolute atomic E-state index is 0.124. The molecule has 0 radical (unpaired) electrons. The Hall–Kier alpha value is -1.58. The Kier molecular flexibility index (Phi) is 4.08. The van der Waals surface area contributed by atoms with Gasteiger partial charge in [-0.2, -0.15) is 0 Å². The molecule has 1 unspecified atom stereocenters. The van der Waals surface area contributed by atoms with Crippen LogP contribution in [0.4, 0.5) is 5.82 Å². The molecule has 0 aromatic carbocycles. The Morgan fingerprint density at radius 2 is 2.26 bits per heavy atom. The lowest BCUT2D eigenvalue weighted by Crippen LogP contribution is -2.26. The van der Waals surface area contributed by atoms with Crippen LogP contribution in [-0.2, 0) is 0 Å². The molecule has 0 saturated carbocycles. The van der Waals surface area contributed by atoms with E-state index in [1.165, 1.54) is 19.3 Å². The average molecular weight is 260 g/mol. The highest BCUT2D eigenvalue weighted by Gasteiger charge is 2.26. The first kappa shape index (κ1) is 13.8. The zero-order valence-electron chi connectivity index (χ0n) is 12.2. The van der Waals surface area contributed by atoms with Gasteiger partial charge in [0.15, 0.2) is 0 Å². The van der Waals surface area contributed by atoms with Gasteiger partial charge in [-0.25, -0.2) is 4.98 Å². The molecule has 0 aliphatic carbocycles. The molecule has 2 rings (SSSR count).